The molecule has 2 aromatic carbocycles. The van der Waals surface area contributed by atoms with Gasteiger partial charge in [0.05, 0.1) is 14.2 Å². The lowest BCUT2D eigenvalue weighted by Gasteiger charge is -2.09. The van der Waals surface area contributed by atoms with Crippen LogP contribution in [-0.4, -0.2) is 27.5 Å². The van der Waals surface area contributed by atoms with Crippen LogP contribution in [0.2, 0.25) is 0 Å². The number of hydrogen-bond acceptors (Lipinski definition) is 4. The smallest absolute Gasteiger partial charge is 0.505 e. The van der Waals surface area contributed by atoms with Crippen LogP contribution in [0.5, 0.6) is 11.5 Å². The summed E-state index contributed by atoms with van der Waals surface area (Å²) in [6, 6.07) is 13.3. The number of benzene rings is 2. The van der Waals surface area contributed by atoms with Gasteiger partial charge in [0.1, 0.15) is 17.3 Å². The summed E-state index contributed by atoms with van der Waals surface area (Å²) < 4.78 is 39.9. The van der Waals surface area contributed by atoms with Gasteiger partial charge in [0.25, 0.3) is 0 Å². The summed E-state index contributed by atoms with van der Waals surface area (Å²) in [7, 11) is 0.0133. The summed E-state index contributed by atoms with van der Waals surface area (Å²) in [6.07, 6.45) is 3.88. The monoisotopic (exact) mass is 358 g/mol. The lowest BCUT2D eigenvalue weighted by molar-refractivity contribution is -0.110. The van der Waals surface area contributed by atoms with E-state index in [2.05, 4.69) is 4.65 Å². The minimum atomic E-state index is -3.04. The van der Waals surface area contributed by atoms with Crippen LogP contribution in [0, 0.1) is 0 Å². The van der Waals surface area contributed by atoms with Gasteiger partial charge in [-0.3, -0.25) is 4.79 Å². The molecule has 2 rings (SSSR count). The molecule has 0 atom stereocenters. The highest BCUT2D eigenvalue weighted by atomic mass is 19.2. The fourth-order valence-electron chi connectivity index (χ4n) is 2.11. The number of carbonyl (C=O) groups excluding carboxylic acids is 1. The first-order valence-electron chi connectivity index (χ1n) is 7.69. The van der Waals surface area contributed by atoms with Crippen LogP contribution in [0.25, 0.3) is 11.8 Å². The SMILES string of the molecule is COc1ccc(/C=C/C(=O)/C=C(\OB(F)F)c2ccc(OC)cc2)cc1. The van der Waals surface area contributed by atoms with E-state index in [1.165, 1.54) is 25.3 Å². The largest absolute Gasteiger partial charge is 0.796 e. The summed E-state index contributed by atoms with van der Waals surface area (Å²) in [4.78, 5) is 12.1. The molecule has 0 unspecified atom stereocenters. The maximum Gasteiger partial charge on any atom is 0.796 e. The molecule has 0 bridgehead atoms. The summed E-state index contributed by atoms with van der Waals surface area (Å²) >= 11 is 0. The van der Waals surface area contributed by atoms with Crippen LogP contribution in [0.4, 0.5) is 8.63 Å². The highest BCUT2D eigenvalue weighted by Crippen LogP contribution is 2.21. The molecule has 26 heavy (non-hydrogen) atoms. The van der Waals surface area contributed by atoms with Gasteiger partial charge in [-0.2, -0.15) is 0 Å². The Bertz CT molecular complexity index is 784. The Kier molecular flexibility index (Phi) is 6.97. The molecule has 0 radical (unpaired) electrons. The van der Waals surface area contributed by atoms with Gasteiger partial charge >= 0.3 is 7.47 Å². The standard InChI is InChI=1S/C19H17BF2O4/c1-24-17-9-4-14(5-10-17)3-8-16(23)13-19(26-20(21)22)15-6-11-18(25-2)12-7-15/h3-13H,1-2H3/b8-3+,19-13-. The zero-order valence-corrected chi connectivity index (χ0v) is 14.3. The van der Waals surface area contributed by atoms with Crippen molar-refractivity contribution in [1.29, 1.82) is 0 Å². The Morgan fingerprint density at radius 1 is 0.923 bits per heavy atom. The molecule has 2 aromatic rings. The van der Waals surface area contributed by atoms with Crippen LogP contribution in [0.15, 0.2) is 60.7 Å². The van der Waals surface area contributed by atoms with E-state index in [1.54, 1.807) is 49.6 Å². The number of hydrogen-bond donors (Lipinski definition) is 0. The summed E-state index contributed by atoms with van der Waals surface area (Å²) in [5, 5.41) is 0. The number of halogens is 2. The van der Waals surface area contributed by atoms with Crippen molar-refractivity contribution in [3.63, 3.8) is 0 Å². The lowest BCUT2D eigenvalue weighted by Crippen LogP contribution is -2.05. The van der Waals surface area contributed by atoms with Gasteiger partial charge < -0.3 is 14.1 Å². The first-order chi connectivity index (χ1) is 12.5. The zero-order valence-electron chi connectivity index (χ0n) is 14.3. The molecule has 0 aliphatic carbocycles. The molecule has 4 nitrogen and oxygen atoms in total. The van der Waals surface area contributed by atoms with E-state index < -0.39 is 13.3 Å². The van der Waals surface area contributed by atoms with E-state index in [1.807, 2.05) is 0 Å². The van der Waals surface area contributed by atoms with Crippen LogP contribution < -0.4 is 9.47 Å². The van der Waals surface area contributed by atoms with Crippen molar-refractivity contribution in [3.8, 4) is 11.5 Å². The Morgan fingerprint density at radius 3 is 1.96 bits per heavy atom. The Hall–Kier alpha value is -3.09. The average molecular weight is 358 g/mol. The Balaban J connectivity index is 2.18. The van der Waals surface area contributed by atoms with E-state index in [-0.39, 0.29) is 5.76 Å². The highest BCUT2D eigenvalue weighted by Gasteiger charge is 2.20. The second kappa shape index (κ2) is 9.41. The highest BCUT2D eigenvalue weighted by molar-refractivity contribution is 6.36. The number of ketones is 1. The van der Waals surface area contributed by atoms with Gasteiger partial charge in [0.2, 0.25) is 0 Å². The predicted octanol–water partition coefficient (Wildman–Crippen LogP) is 4.27. The molecule has 0 aliphatic rings. The van der Waals surface area contributed by atoms with Gasteiger partial charge in [-0.05, 0) is 48.0 Å². The number of allylic oxidation sites excluding steroid dienone is 2. The van der Waals surface area contributed by atoms with Crippen molar-refractivity contribution in [3.05, 3.63) is 71.8 Å². The van der Waals surface area contributed by atoms with Crippen LogP contribution in [0.3, 0.4) is 0 Å². The molecule has 0 saturated carbocycles. The minimum Gasteiger partial charge on any atom is -0.505 e. The fraction of sp³-hybridized carbons (Fsp3) is 0.105. The van der Waals surface area contributed by atoms with E-state index in [4.69, 9.17) is 9.47 Å². The summed E-state index contributed by atoms with van der Waals surface area (Å²) in [5.41, 5.74) is 1.12. The topological polar surface area (TPSA) is 44.8 Å². The van der Waals surface area contributed by atoms with E-state index in [0.717, 1.165) is 11.6 Å². The normalized spacial score (nSPS) is 11.3. The van der Waals surface area contributed by atoms with Crippen molar-refractivity contribution in [2.45, 2.75) is 0 Å². The Labute approximate surface area is 150 Å². The van der Waals surface area contributed by atoms with Gasteiger partial charge in [0.15, 0.2) is 5.78 Å². The molecule has 0 heterocycles. The fourth-order valence-corrected chi connectivity index (χ4v) is 2.11. The first-order valence-corrected chi connectivity index (χ1v) is 7.69. The molecular weight excluding hydrogens is 341 g/mol. The van der Waals surface area contributed by atoms with Crippen LogP contribution in [0.1, 0.15) is 11.1 Å². The zero-order chi connectivity index (χ0) is 18.9. The maximum absolute atomic E-state index is 12.7. The number of rotatable bonds is 8. The minimum absolute atomic E-state index is 0.216. The third-order valence-corrected chi connectivity index (χ3v) is 3.42. The molecule has 0 saturated heterocycles. The van der Waals surface area contributed by atoms with Gasteiger partial charge in [0, 0.05) is 11.6 Å². The maximum atomic E-state index is 12.7. The molecule has 0 aliphatic heterocycles. The quantitative estimate of drug-likeness (QED) is 0.402. The molecule has 0 amide bonds. The average Bonchev–Trinajstić information content (AvgIpc) is 2.66. The molecule has 7 heteroatoms. The van der Waals surface area contributed by atoms with Gasteiger partial charge in [-0.15, -0.1) is 0 Å². The molecule has 0 aromatic heterocycles. The first kappa shape index (κ1) is 19.2. The molecular formula is C19H17BF2O4. The molecule has 0 N–H and O–H groups in total. The lowest BCUT2D eigenvalue weighted by atomic mass is 10.1. The van der Waals surface area contributed by atoms with Crippen LogP contribution in [-0.2, 0) is 9.45 Å². The van der Waals surface area contributed by atoms with E-state index >= 15 is 0 Å². The van der Waals surface area contributed by atoms with Crippen molar-refractivity contribution in [2.75, 3.05) is 14.2 Å². The number of carbonyl (C=O) groups is 1. The second-order valence-corrected chi connectivity index (χ2v) is 5.12. The third-order valence-electron chi connectivity index (χ3n) is 3.42. The summed E-state index contributed by atoms with van der Waals surface area (Å²) in [5.74, 6) is 0.565. The van der Waals surface area contributed by atoms with Crippen molar-refractivity contribution in [1.82, 2.24) is 0 Å². The number of methoxy groups -OCH3 is 2. The van der Waals surface area contributed by atoms with Crippen LogP contribution >= 0.6 is 0 Å². The van der Waals surface area contributed by atoms with Gasteiger partial charge in [-0.1, -0.05) is 18.2 Å². The molecule has 0 fully saturated rings. The van der Waals surface area contributed by atoms with Gasteiger partial charge in [-0.25, -0.2) is 8.63 Å². The number of ether oxygens (including phenoxy) is 2. The predicted molar refractivity (Wildman–Crippen MR) is 97.1 cm³/mol. The van der Waals surface area contributed by atoms with Crippen molar-refractivity contribution < 1.29 is 27.6 Å². The second-order valence-electron chi connectivity index (χ2n) is 5.12. The van der Waals surface area contributed by atoms with E-state index in [9.17, 15) is 13.4 Å². The third kappa shape index (κ3) is 5.77. The van der Waals surface area contributed by atoms with E-state index in [0.29, 0.717) is 17.1 Å². The van der Waals surface area contributed by atoms with Crippen molar-refractivity contribution in [2.24, 2.45) is 0 Å². The molecule has 134 valence electrons. The van der Waals surface area contributed by atoms with Crippen molar-refractivity contribution >= 4 is 25.1 Å². The summed E-state index contributed by atoms with van der Waals surface area (Å²) in [6.45, 7) is 0. The Morgan fingerprint density at radius 2 is 1.46 bits per heavy atom. The molecule has 0 spiro atoms.